The van der Waals surface area contributed by atoms with E-state index in [4.69, 9.17) is 14.2 Å². The van der Waals surface area contributed by atoms with Crippen LogP contribution in [0.5, 0.6) is 0 Å². The average molecular weight is 287 g/mol. The molecule has 0 aliphatic carbocycles. The Kier molecular flexibility index (Phi) is 5.80. The predicted molar refractivity (Wildman–Crippen MR) is 73.3 cm³/mol. The average Bonchev–Trinajstić information content (AvgIpc) is 2.36. The molecule has 2 atom stereocenters. The Balaban J connectivity index is 2.63. The quantitative estimate of drug-likeness (QED) is 0.741. The maximum absolute atomic E-state index is 12.0. The number of nitrogens with zero attached hydrogens (tertiary/aromatic N) is 1. The Morgan fingerprint density at radius 2 is 1.95 bits per heavy atom. The highest BCUT2D eigenvalue weighted by atomic mass is 16.6. The van der Waals surface area contributed by atoms with Crippen LogP contribution in [0.2, 0.25) is 0 Å². The van der Waals surface area contributed by atoms with Crippen molar-refractivity contribution in [3.8, 4) is 0 Å². The van der Waals surface area contributed by atoms with Gasteiger partial charge in [0.1, 0.15) is 5.60 Å². The fourth-order valence-corrected chi connectivity index (χ4v) is 2.17. The van der Waals surface area contributed by atoms with Crippen molar-refractivity contribution in [3.63, 3.8) is 0 Å². The molecule has 6 nitrogen and oxygen atoms in total. The number of likely N-dealkylation sites (tertiary alicyclic amines) is 1. The molecule has 0 spiro atoms. The number of ether oxygens (including phenoxy) is 3. The number of carbonyl (C=O) groups excluding carboxylic acids is 2. The minimum Gasteiger partial charge on any atom is -0.466 e. The number of hydrogen-bond donors (Lipinski definition) is 0. The molecule has 6 heteroatoms. The summed E-state index contributed by atoms with van der Waals surface area (Å²) < 4.78 is 15.7. The van der Waals surface area contributed by atoms with E-state index < -0.39 is 5.60 Å². The van der Waals surface area contributed by atoms with Gasteiger partial charge >= 0.3 is 12.1 Å². The summed E-state index contributed by atoms with van der Waals surface area (Å²) >= 11 is 0. The van der Waals surface area contributed by atoms with Crippen LogP contribution in [0, 0.1) is 5.92 Å². The summed E-state index contributed by atoms with van der Waals surface area (Å²) in [6, 6.07) is 0. The molecule has 1 aliphatic heterocycles. The van der Waals surface area contributed by atoms with Crippen molar-refractivity contribution in [1.29, 1.82) is 0 Å². The summed E-state index contributed by atoms with van der Waals surface area (Å²) in [4.78, 5) is 25.4. The fourth-order valence-electron chi connectivity index (χ4n) is 2.17. The molecular formula is C14H25NO5. The lowest BCUT2D eigenvalue weighted by Crippen LogP contribution is -2.51. The summed E-state index contributed by atoms with van der Waals surface area (Å²) in [5, 5.41) is 0. The van der Waals surface area contributed by atoms with E-state index in [-0.39, 0.29) is 24.1 Å². The van der Waals surface area contributed by atoms with Crippen molar-refractivity contribution >= 4 is 12.1 Å². The lowest BCUT2D eigenvalue weighted by Gasteiger charge is -2.37. The smallest absolute Gasteiger partial charge is 0.410 e. The zero-order valence-electron chi connectivity index (χ0n) is 13.0. The monoisotopic (exact) mass is 287 g/mol. The Hall–Kier alpha value is -1.30. The topological polar surface area (TPSA) is 65.1 Å². The molecule has 116 valence electrons. The summed E-state index contributed by atoms with van der Waals surface area (Å²) in [6.07, 6.45) is -0.200. The van der Waals surface area contributed by atoms with Crippen molar-refractivity contribution in [1.82, 2.24) is 4.90 Å². The number of hydrogen-bond acceptors (Lipinski definition) is 5. The van der Waals surface area contributed by atoms with Crippen molar-refractivity contribution < 1.29 is 23.8 Å². The van der Waals surface area contributed by atoms with E-state index >= 15 is 0 Å². The highest BCUT2D eigenvalue weighted by Gasteiger charge is 2.38. The van der Waals surface area contributed by atoms with Crippen LogP contribution in [0.15, 0.2) is 0 Å². The molecule has 1 rings (SSSR count). The zero-order valence-corrected chi connectivity index (χ0v) is 13.0. The van der Waals surface area contributed by atoms with Crippen LogP contribution in [-0.4, -0.2) is 55.5 Å². The fraction of sp³-hybridized carbons (Fsp3) is 0.857. The normalized spacial score (nSPS) is 23.4. The molecular weight excluding hydrogens is 262 g/mol. The second-order valence-electron chi connectivity index (χ2n) is 5.85. The van der Waals surface area contributed by atoms with Gasteiger partial charge in [-0.25, -0.2) is 4.79 Å². The molecule has 0 bridgehead atoms. The van der Waals surface area contributed by atoms with E-state index in [1.807, 2.05) is 20.8 Å². The summed E-state index contributed by atoms with van der Waals surface area (Å²) in [5.41, 5.74) is -0.530. The van der Waals surface area contributed by atoms with E-state index in [1.165, 1.54) is 7.11 Å². The van der Waals surface area contributed by atoms with E-state index in [1.54, 1.807) is 11.8 Å². The molecule has 0 unspecified atom stereocenters. The van der Waals surface area contributed by atoms with Gasteiger partial charge in [-0.3, -0.25) is 4.79 Å². The molecule has 0 aromatic rings. The van der Waals surface area contributed by atoms with E-state index in [9.17, 15) is 9.59 Å². The number of amides is 1. The lowest BCUT2D eigenvalue weighted by atomic mass is 9.94. The van der Waals surface area contributed by atoms with Crippen LogP contribution in [-0.2, 0) is 19.0 Å². The SMILES string of the molecule is CCOC(=O)[C@H]1CCN(C(=O)OC(C)(C)C)C[C@H]1OC. The third-order valence-corrected chi connectivity index (χ3v) is 3.10. The Bertz CT molecular complexity index is 350. The minimum absolute atomic E-state index is 0.261. The van der Waals surface area contributed by atoms with E-state index in [0.29, 0.717) is 26.1 Å². The van der Waals surface area contributed by atoms with Crippen LogP contribution in [0.3, 0.4) is 0 Å². The van der Waals surface area contributed by atoms with Gasteiger partial charge in [0.2, 0.25) is 0 Å². The number of methoxy groups -OCH3 is 1. The number of esters is 1. The van der Waals surface area contributed by atoms with Crippen LogP contribution in [0.1, 0.15) is 34.1 Å². The third-order valence-electron chi connectivity index (χ3n) is 3.10. The van der Waals surface area contributed by atoms with Crippen molar-refractivity contribution in [2.24, 2.45) is 5.92 Å². The van der Waals surface area contributed by atoms with Gasteiger partial charge in [0, 0.05) is 13.7 Å². The molecule has 1 heterocycles. The van der Waals surface area contributed by atoms with Gasteiger partial charge in [-0.15, -0.1) is 0 Å². The van der Waals surface area contributed by atoms with Crippen molar-refractivity contribution in [3.05, 3.63) is 0 Å². The minimum atomic E-state index is -0.530. The third kappa shape index (κ3) is 4.67. The standard InChI is InChI=1S/C14H25NO5/c1-6-19-12(16)10-7-8-15(9-11(10)18-5)13(17)20-14(2,3)4/h10-11H,6-9H2,1-5H3/t10-,11+/m0/s1. The van der Waals surface area contributed by atoms with Crippen molar-refractivity contribution in [2.75, 3.05) is 26.8 Å². The summed E-state index contributed by atoms with van der Waals surface area (Å²) in [6.45, 7) is 8.41. The maximum atomic E-state index is 12.0. The Morgan fingerprint density at radius 3 is 2.45 bits per heavy atom. The van der Waals surface area contributed by atoms with Gasteiger partial charge in [0.15, 0.2) is 0 Å². The zero-order chi connectivity index (χ0) is 15.3. The van der Waals surface area contributed by atoms with Gasteiger partial charge in [0.05, 0.1) is 25.2 Å². The predicted octanol–water partition coefficient (Wildman–Crippen LogP) is 1.82. The van der Waals surface area contributed by atoms with Crippen molar-refractivity contribution in [2.45, 2.75) is 45.8 Å². The Morgan fingerprint density at radius 1 is 1.30 bits per heavy atom. The van der Waals surface area contributed by atoms with Crippen LogP contribution in [0.25, 0.3) is 0 Å². The maximum Gasteiger partial charge on any atom is 0.410 e. The van der Waals surface area contributed by atoms with Gasteiger partial charge in [0.25, 0.3) is 0 Å². The first-order valence-electron chi connectivity index (χ1n) is 6.95. The molecule has 1 aliphatic rings. The number of piperidine rings is 1. The highest BCUT2D eigenvalue weighted by molar-refractivity contribution is 5.74. The van der Waals surface area contributed by atoms with E-state index in [2.05, 4.69) is 0 Å². The van der Waals surface area contributed by atoms with Crippen LogP contribution < -0.4 is 0 Å². The first kappa shape index (κ1) is 16.8. The Labute approximate surface area is 120 Å². The first-order chi connectivity index (χ1) is 9.28. The summed E-state index contributed by atoms with van der Waals surface area (Å²) in [7, 11) is 1.54. The first-order valence-corrected chi connectivity index (χ1v) is 6.95. The molecule has 1 fully saturated rings. The molecule has 0 radical (unpaired) electrons. The molecule has 0 aromatic carbocycles. The molecule has 0 saturated carbocycles. The molecule has 0 N–H and O–H groups in total. The van der Waals surface area contributed by atoms with Gasteiger partial charge in [-0.2, -0.15) is 0 Å². The lowest BCUT2D eigenvalue weighted by molar-refractivity contribution is -0.156. The second kappa shape index (κ2) is 6.92. The van der Waals surface area contributed by atoms with Crippen LogP contribution in [0.4, 0.5) is 4.79 Å². The largest absolute Gasteiger partial charge is 0.466 e. The second-order valence-corrected chi connectivity index (χ2v) is 5.85. The van der Waals surface area contributed by atoms with Gasteiger partial charge < -0.3 is 19.1 Å². The summed E-state index contributed by atoms with van der Waals surface area (Å²) in [5.74, 6) is -0.582. The van der Waals surface area contributed by atoms with E-state index in [0.717, 1.165) is 0 Å². The van der Waals surface area contributed by atoms with Gasteiger partial charge in [-0.1, -0.05) is 0 Å². The van der Waals surface area contributed by atoms with Gasteiger partial charge in [-0.05, 0) is 34.1 Å². The molecule has 1 amide bonds. The van der Waals surface area contributed by atoms with Crippen LogP contribution >= 0.6 is 0 Å². The number of carbonyl (C=O) groups is 2. The molecule has 1 saturated heterocycles. The molecule has 0 aromatic heterocycles. The number of rotatable bonds is 3. The highest BCUT2D eigenvalue weighted by Crippen LogP contribution is 2.23. The molecule has 20 heavy (non-hydrogen) atoms.